The lowest BCUT2D eigenvalue weighted by molar-refractivity contribution is 0.0663. The van der Waals surface area contributed by atoms with Crippen LogP contribution in [0.5, 0.6) is 5.75 Å². The molecule has 1 aromatic rings. The number of hydrogen-bond acceptors (Lipinski definition) is 3. The van der Waals surface area contributed by atoms with Crippen molar-refractivity contribution in [3.8, 4) is 5.75 Å². The second-order valence-corrected chi connectivity index (χ2v) is 5.49. The Morgan fingerprint density at radius 1 is 1.47 bits per heavy atom. The molecule has 1 aliphatic heterocycles. The molecule has 0 aliphatic carbocycles. The molecule has 1 unspecified atom stereocenters. The summed E-state index contributed by atoms with van der Waals surface area (Å²) in [5.74, 6) is 0.563. The van der Waals surface area contributed by atoms with Crippen molar-refractivity contribution in [1.82, 2.24) is 5.43 Å². The van der Waals surface area contributed by atoms with Crippen LogP contribution in [0.25, 0.3) is 0 Å². The summed E-state index contributed by atoms with van der Waals surface area (Å²) in [6.45, 7) is 3.86. The smallest absolute Gasteiger partial charge is 0.144 e. The molecule has 0 saturated heterocycles. The van der Waals surface area contributed by atoms with Gasteiger partial charge in [0.15, 0.2) is 0 Å². The molecule has 1 N–H and O–H groups in total. The summed E-state index contributed by atoms with van der Waals surface area (Å²) in [5.41, 5.74) is 2.88. The Morgan fingerprint density at radius 2 is 2.18 bits per heavy atom. The first kappa shape index (κ1) is 12.5. The Balaban J connectivity index is 2.52. The Bertz CT molecular complexity index is 463. The van der Waals surface area contributed by atoms with Crippen LogP contribution in [0.15, 0.2) is 17.4 Å². The molecule has 17 heavy (non-hydrogen) atoms. The van der Waals surface area contributed by atoms with Crippen molar-refractivity contribution in [2.24, 2.45) is 5.29 Å². The molecule has 0 spiro atoms. The maximum Gasteiger partial charge on any atom is 0.144 e. The van der Waals surface area contributed by atoms with Gasteiger partial charge in [-0.1, -0.05) is 23.2 Å². The fourth-order valence-electron chi connectivity index (χ4n) is 2.05. The van der Waals surface area contributed by atoms with Gasteiger partial charge in [0.1, 0.15) is 11.4 Å². The number of rotatable bonds is 2. The van der Waals surface area contributed by atoms with Crippen molar-refractivity contribution >= 4 is 23.2 Å². The number of halogens is 2. The van der Waals surface area contributed by atoms with Crippen molar-refractivity contribution in [1.29, 1.82) is 0 Å². The highest BCUT2D eigenvalue weighted by Gasteiger charge is 2.35. The monoisotopic (exact) mass is 274 g/mol. The fourth-order valence-corrected chi connectivity index (χ4v) is 2.59. The molecule has 4 nitrogen and oxygen atoms in total. The van der Waals surface area contributed by atoms with Gasteiger partial charge in [-0.05, 0) is 26.0 Å². The van der Waals surface area contributed by atoms with Crippen molar-refractivity contribution in [2.75, 3.05) is 0 Å². The van der Waals surface area contributed by atoms with Gasteiger partial charge in [0, 0.05) is 17.0 Å². The first-order valence-electron chi connectivity index (χ1n) is 5.19. The first-order chi connectivity index (χ1) is 7.93. The second kappa shape index (κ2) is 4.35. The van der Waals surface area contributed by atoms with Gasteiger partial charge in [-0.2, -0.15) is 0 Å². The molecule has 1 aliphatic rings. The zero-order valence-electron chi connectivity index (χ0n) is 9.46. The van der Waals surface area contributed by atoms with Crippen LogP contribution in [-0.4, -0.2) is 5.60 Å². The van der Waals surface area contributed by atoms with Gasteiger partial charge in [-0.15, -0.1) is 4.91 Å². The van der Waals surface area contributed by atoms with Crippen LogP contribution in [-0.2, 0) is 0 Å². The molecule has 0 saturated carbocycles. The van der Waals surface area contributed by atoms with Crippen molar-refractivity contribution in [3.63, 3.8) is 0 Å². The summed E-state index contributed by atoms with van der Waals surface area (Å²) in [5, 5.41) is 3.69. The predicted molar refractivity (Wildman–Crippen MR) is 67.5 cm³/mol. The zero-order chi connectivity index (χ0) is 12.6. The van der Waals surface area contributed by atoms with Gasteiger partial charge in [-0.3, -0.25) is 5.43 Å². The number of ether oxygens (including phenoxy) is 1. The largest absolute Gasteiger partial charge is 0.486 e. The van der Waals surface area contributed by atoms with E-state index in [9.17, 15) is 4.91 Å². The van der Waals surface area contributed by atoms with Gasteiger partial charge >= 0.3 is 0 Å². The number of nitroso groups, excluding NO2 is 1. The summed E-state index contributed by atoms with van der Waals surface area (Å²) in [6.07, 6.45) is 0.614. The van der Waals surface area contributed by atoms with Crippen LogP contribution in [0, 0.1) is 4.91 Å². The molecule has 1 aromatic carbocycles. The van der Waals surface area contributed by atoms with Gasteiger partial charge < -0.3 is 4.74 Å². The van der Waals surface area contributed by atoms with E-state index >= 15 is 0 Å². The summed E-state index contributed by atoms with van der Waals surface area (Å²) < 4.78 is 5.81. The summed E-state index contributed by atoms with van der Waals surface area (Å²) in [7, 11) is 0. The number of nitrogens with zero attached hydrogens (tertiary/aromatic N) is 1. The third kappa shape index (κ3) is 2.48. The lowest BCUT2D eigenvalue weighted by Crippen LogP contribution is -2.38. The average Bonchev–Trinajstić information content (AvgIpc) is 2.19. The van der Waals surface area contributed by atoms with E-state index < -0.39 is 5.60 Å². The van der Waals surface area contributed by atoms with E-state index in [0.29, 0.717) is 22.2 Å². The molecule has 1 heterocycles. The lowest BCUT2D eigenvalue weighted by Gasteiger charge is -2.37. The fraction of sp³-hybridized carbons (Fsp3) is 0.455. The Morgan fingerprint density at radius 3 is 2.82 bits per heavy atom. The van der Waals surface area contributed by atoms with Gasteiger partial charge in [0.05, 0.1) is 16.4 Å². The SMILES string of the molecule is CC1(C)CC(NN=O)c2cc(Cl)cc(Cl)c2O1. The lowest BCUT2D eigenvalue weighted by atomic mass is 9.90. The second-order valence-electron chi connectivity index (χ2n) is 4.64. The third-order valence-electron chi connectivity index (χ3n) is 2.70. The van der Waals surface area contributed by atoms with Crippen molar-refractivity contribution < 1.29 is 4.74 Å². The van der Waals surface area contributed by atoms with Crippen LogP contribution in [0.1, 0.15) is 31.9 Å². The third-order valence-corrected chi connectivity index (χ3v) is 3.19. The van der Waals surface area contributed by atoms with E-state index in [0.717, 1.165) is 5.56 Å². The van der Waals surface area contributed by atoms with Crippen LogP contribution >= 0.6 is 23.2 Å². The van der Waals surface area contributed by atoms with E-state index in [4.69, 9.17) is 27.9 Å². The van der Waals surface area contributed by atoms with E-state index in [2.05, 4.69) is 10.7 Å². The molecule has 0 aromatic heterocycles. The summed E-state index contributed by atoms with van der Waals surface area (Å²) >= 11 is 12.0. The topological polar surface area (TPSA) is 50.7 Å². The molecular weight excluding hydrogens is 263 g/mol. The van der Waals surface area contributed by atoms with Crippen LogP contribution < -0.4 is 10.2 Å². The Labute approximate surface area is 109 Å². The first-order valence-corrected chi connectivity index (χ1v) is 5.94. The average molecular weight is 275 g/mol. The van der Waals surface area contributed by atoms with Gasteiger partial charge in [-0.25, -0.2) is 0 Å². The molecule has 0 radical (unpaired) electrons. The molecule has 0 fully saturated rings. The number of benzene rings is 1. The highest BCUT2D eigenvalue weighted by Crippen LogP contribution is 2.44. The van der Waals surface area contributed by atoms with Crippen molar-refractivity contribution in [2.45, 2.75) is 31.9 Å². The number of hydrogen-bond donors (Lipinski definition) is 1. The highest BCUT2D eigenvalue weighted by molar-refractivity contribution is 6.35. The van der Waals surface area contributed by atoms with Crippen LogP contribution in [0.4, 0.5) is 0 Å². The van der Waals surface area contributed by atoms with E-state index in [-0.39, 0.29) is 6.04 Å². The predicted octanol–water partition coefficient (Wildman–Crippen LogP) is 3.87. The maximum atomic E-state index is 10.4. The zero-order valence-corrected chi connectivity index (χ0v) is 11.0. The molecule has 0 bridgehead atoms. The maximum absolute atomic E-state index is 10.4. The Hall–Kier alpha value is -1.00. The Kier molecular flexibility index (Phi) is 3.19. The molecule has 0 amide bonds. The van der Waals surface area contributed by atoms with Crippen molar-refractivity contribution in [3.05, 3.63) is 32.6 Å². The highest BCUT2D eigenvalue weighted by atomic mass is 35.5. The standard InChI is InChI=1S/C11H12Cl2N2O2/c1-11(2)5-9(14-15-16)7-3-6(12)4-8(13)10(7)17-11/h3-4,9H,5H2,1-2H3,(H,14,16). The quantitative estimate of drug-likeness (QED) is 0.658. The van der Waals surface area contributed by atoms with E-state index in [1.165, 1.54) is 0 Å². The minimum absolute atomic E-state index is 0.234. The molecule has 92 valence electrons. The molecular formula is C11H12Cl2N2O2. The van der Waals surface area contributed by atoms with Crippen LogP contribution in [0.2, 0.25) is 10.0 Å². The minimum atomic E-state index is -0.410. The minimum Gasteiger partial charge on any atom is -0.486 e. The number of nitrogens with one attached hydrogen (secondary N) is 1. The molecule has 1 atom stereocenters. The molecule has 2 rings (SSSR count). The number of fused-ring (bicyclic) bond motifs is 1. The van der Waals surface area contributed by atoms with Crippen LogP contribution in [0.3, 0.4) is 0 Å². The van der Waals surface area contributed by atoms with E-state index in [1.807, 2.05) is 13.8 Å². The van der Waals surface area contributed by atoms with Gasteiger partial charge in [0.25, 0.3) is 0 Å². The van der Waals surface area contributed by atoms with Gasteiger partial charge in [0.2, 0.25) is 0 Å². The molecule has 6 heteroatoms. The summed E-state index contributed by atoms with van der Waals surface area (Å²) in [6, 6.07) is 3.12. The normalized spacial score (nSPS) is 21.3. The summed E-state index contributed by atoms with van der Waals surface area (Å²) in [4.78, 5) is 10.4. The van der Waals surface area contributed by atoms with E-state index in [1.54, 1.807) is 12.1 Å².